The van der Waals surface area contributed by atoms with Crippen molar-refractivity contribution in [3.05, 3.63) is 41.3 Å². The Labute approximate surface area is 166 Å². The Hall–Kier alpha value is -2.63. The van der Waals surface area contributed by atoms with Gasteiger partial charge in [-0.2, -0.15) is 10.4 Å². The molecule has 0 unspecified atom stereocenters. The lowest BCUT2D eigenvalue weighted by atomic mass is 10.2. The molecule has 2 heterocycles. The zero-order valence-corrected chi connectivity index (χ0v) is 16.5. The summed E-state index contributed by atoms with van der Waals surface area (Å²) in [6.07, 6.45) is 3.41. The van der Waals surface area contributed by atoms with Crippen molar-refractivity contribution >= 4 is 46.0 Å². The number of halogens is 1. The molecule has 3 rings (SSSR count). The van der Waals surface area contributed by atoms with E-state index in [1.807, 2.05) is 13.0 Å². The molecule has 0 saturated heterocycles. The van der Waals surface area contributed by atoms with Crippen LogP contribution in [0.15, 0.2) is 35.7 Å². The van der Waals surface area contributed by atoms with Crippen LogP contribution in [0.5, 0.6) is 0 Å². The van der Waals surface area contributed by atoms with E-state index in [-0.39, 0.29) is 18.1 Å². The van der Waals surface area contributed by atoms with Crippen LogP contribution in [0, 0.1) is 18.3 Å². The van der Waals surface area contributed by atoms with Crippen molar-refractivity contribution in [1.82, 2.24) is 19.7 Å². The first kappa shape index (κ1) is 19.1. The summed E-state index contributed by atoms with van der Waals surface area (Å²) in [5.74, 6) is 0.0846. The molecule has 9 heteroatoms. The first-order chi connectivity index (χ1) is 13.0. The molecule has 0 aliphatic heterocycles. The smallest absolute Gasteiger partial charge is 0.237 e. The summed E-state index contributed by atoms with van der Waals surface area (Å²) < 4.78 is 1.67. The second-order valence-electron chi connectivity index (χ2n) is 5.86. The Balaban J connectivity index is 1.79. The van der Waals surface area contributed by atoms with Gasteiger partial charge in [-0.05, 0) is 30.7 Å². The summed E-state index contributed by atoms with van der Waals surface area (Å²) >= 11 is 7.42. The van der Waals surface area contributed by atoms with Crippen molar-refractivity contribution in [3.63, 3.8) is 0 Å². The third kappa shape index (κ3) is 4.21. The highest BCUT2D eigenvalue weighted by atomic mass is 35.5. The molecule has 7 nitrogen and oxygen atoms in total. The molecule has 138 valence electrons. The fraction of sp³-hybridized carbons (Fsp3) is 0.278. The van der Waals surface area contributed by atoms with E-state index in [4.69, 9.17) is 16.9 Å². The number of nitriles is 1. The van der Waals surface area contributed by atoms with E-state index in [2.05, 4.69) is 21.1 Å². The van der Waals surface area contributed by atoms with Gasteiger partial charge in [0.1, 0.15) is 11.4 Å². The maximum atomic E-state index is 12.9. The van der Waals surface area contributed by atoms with Gasteiger partial charge < -0.3 is 4.90 Å². The van der Waals surface area contributed by atoms with Crippen molar-refractivity contribution in [2.45, 2.75) is 18.4 Å². The molecule has 0 atom stereocenters. The number of nitrogens with zero attached hydrogens (tertiary/aromatic N) is 6. The molecule has 1 amide bonds. The second-order valence-corrected chi connectivity index (χ2v) is 7.23. The van der Waals surface area contributed by atoms with Crippen LogP contribution in [0.1, 0.15) is 12.0 Å². The van der Waals surface area contributed by atoms with Gasteiger partial charge >= 0.3 is 0 Å². The van der Waals surface area contributed by atoms with Crippen LogP contribution in [-0.2, 0) is 11.8 Å². The van der Waals surface area contributed by atoms with E-state index in [0.717, 1.165) is 22.3 Å². The van der Waals surface area contributed by atoms with E-state index in [1.165, 1.54) is 18.1 Å². The van der Waals surface area contributed by atoms with Crippen LogP contribution < -0.4 is 4.90 Å². The molecular formula is C18H17ClN6OS. The molecule has 2 aromatic heterocycles. The third-order valence-corrected chi connectivity index (χ3v) is 5.44. The minimum atomic E-state index is -0.104. The predicted octanol–water partition coefficient (Wildman–Crippen LogP) is 3.36. The first-order valence-corrected chi connectivity index (χ1v) is 9.56. The van der Waals surface area contributed by atoms with Crippen LogP contribution in [0.2, 0.25) is 5.02 Å². The van der Waals surface area contributed by atoms with Crippen LogP contribution in [0.3, 0.4) is 0 Å². The molecule has 0 radical (unpaired) electrons. The molecule has 0 N–H and O–H groups in total. The van der Waals surface area contributed by atoms with Gasteiger partial charge in [-0.15, -0.1) is 0 Å². The van der Waals surface area contributed by atoms with Gasteiger partial charge in [-0.25, -0.2) is 9.97 Å². The highest BCUT2D eigenvalue weighted by Crippen LogP contribution is 2.26. The average molecular weight is 401 g/mol. The quantitative estimate of drug-likeness (QED) is 0.465. The standard InChI is InChI=1S/C18H17ClN6OS/c1-12-8-13(4-5-15(12)19)25(7-3-6-20)16(26)10-27-18-14-9-23-24(2)17(14)21-11-22-18/h4-5,8-9,11H,3,7,10H2,1-2H3. The number of benzene rings is 1. The maximum Gasteiger partial charge on any atom is 0.237 e. The van der Waals surface area contributed by atoms with E-state index in [9.17, 15) is 4.79 Å². The van der Waals surface area contributed by atoms with E-state index < -0.39 is 0 Å². The summed E-state index contributed by atoms with van der Waals surface area (Å²) in [5, 5.41) is 15.3. The lowest BCUT2D eigenvalue weighted by Crippen LogP contribution is -2.33. The molecule has 0 spiro atoms. The lowest BCUT2D eigenvalue weighted by molar-refractivity contribution is -0.116. The molecule has 0 aliphatic carbocycles. The average Bonchev–Trinajstić information content (AvgIpc) is 3.05. The molecule has 0 aliphatic rings. The van der Waals surface area contributed by atoms with Crippen molar-refractivity contribution in [1.29, 1.82) is 5.26 Å². The SMILES string of the molecule is Cc1cc(N(CCC#N)C(=O)CSc2ncnc3c2cnn3C)ccc1Cl. The van der Waals surface area contributed by atoms with Gasteiger partial charge in [0.15, 0.2) is 5.65 Å². The van der Waals surface area contributed by atoms with Gasteiger partial charge in [0.2, 0.25) is 5.91 Å². The zero-order valence-electron chi connectivity index (χ0n) is 14.9. The Morgan fingerprint density at radius 3 is 2.96 bits per heavy atom. The normalized spacial score (nSPS) is 10.7. The number of anilines is 1. The van der Waals surface area contributed by atoms with Gasteiger partial charge in [-0.1, -0.05) is 23.4 Å². The predicted molar refractivity (Wildman–Crippen MR) is 106 cm³/mol. The summed E-state index contributed by atoms with van der Waals surface area (Å²) in [5.41, 5.74) is 2.33. The molecule has 0 bridgehead atoms. The highest BCUT2D eigenvalue weighted by Gasteiger charge is 2.18. The van der Waals surface area contributed by atoms with Crippen LogP contribution in [0.25, 0.3) is 11.0 Å². The fourth-order valence-corrected chi connectivity index (χ4v) is 3.57. The number of aromatic nitrogens is 4. The number of amides is 1. The first-order valence-electron chi connectivity index (χ1n) is 8.20. The third-order valence-electron chi connectivity index (χ3n) is 4.03. The van der Waals surface area contributed by atoms with E-state index in [0.29, 0.717) is 16.6 Å². The van der Waals surface area contributed by atoms with Crippen LogP contribution >= 0.6 is 23.4 Å². The van der Waals surface area contributed by atoms with E-state index >= 15 is 0 Å². The maximum absolute atomic E-state index is 12.9. The Morgan fingerprint density at radius 2 is 2.22 bits per heavy atom. The largest absolute Gasteiger partial charge is 0.311 e. The number of fused-ring (bicyclic) bond motifs is 1. The van der Waals surface area contributed by atoms with Crippen LogP contribution in [-0.4, -0.2) is 38.0 Å². The monoisotopic (exact) mass is 400 g/mol. The van der Waals surface area contributed by atoms with Crippen molar-refractivity contribution in [2.75, 3.05) is 17.2 Å². The number of hydrogen-bond acceptors (Lipinski definition) is 6. The number of thioether (sulfide) groups is 1. The number of aryl methyl sites for hydroxylation is 2. The molecule has 3 aromatic rings. The molecule has 0 fully saturated rings. The van der Waals surface area contributed by atoms with E-state index in [1.54, 1.807) is 35.0 Å². The lowest BCUT2D eigenvalue weighted by Gasteiger charge is -2.22. The Kier molecular flexibility index (Phi) is 5.94. The molecule has 0 saturated carbocycles. The minimum Gasteiger partial charge on any atom is -0.311 e. The molecular weight excluding hydrogens is 384 g/mol. The Morgan fingerprint density at radius 1 is 1.41 bits per heavy atom. The number of rotatable bonds is 6. The summed E-state index contributed by atoms with van der Waals surface area (Å²) in [4.78, 5) is 22.9. The van der Waals surface area contributed by atoms with Crippen molar-refractivity contribution in [3.8, 4) is 6.07 Å². The summed E-state index contributed by atoms with van der Waals surface area (Å²) in [7, 11) is 1.81. The zero-order chi connectivity index (χ0) is 19.4. The Bertz CT molecular complexity index is 1030. The van der Waals surface area contributed by atoms with Gasteiger partial charge in [0.25, 0.3) is 0 Å². The minimum absolute atomic E-state index is 0.104. The van der Waals surface area contributed by atoms with Gasteiger partial charge in [0, 0.05) is 24.3 Å². The summed E-state index contributed by atoms with van der Waals surface area (Å²) in [6, 6.07) is 7.50. The second kappa shape index (κ2) is 8.37. The number of hydrogen-bond donors (Lipinski definition) is 0. The van der Waals surface area contributed by atoms with Crippen LogP contribution in [0.4, 0.5) is 5.69 Å². The van der Waals surface area contributed by atoms with Gasteiger partial charge in [-0.3, -0.25) is 9.48 Å². The fourth-order valence-electron chi connectivity index (χ4n) is 2.62. The van der Waals surface area contributed by atoms with Gasteiger partial charge in [0.05, 0.1) is 29.8 Å². The highest BCUT2D eigenvalue weighted by molar-refractivity contribution is 8.00. The number of carbonyl (C=O) groups excluding carboxylic acids is 1. The van der Waals surface area contributed by atoms with Crippen molar-refractivity contribution in [2.24, 2.45) is 7.05 Å². The molecule has 27 heavy (non-hydrogen) atoms. The van der Waals surface area contributed by atoms with Crippen molar-refractivity contribution < 1.29 is 4.79 Å². The topological polar surface area (TPSA) is 87.7 Å². The summed E-state index contributed by atoms with van der Waals surface area (Å²) in [6.45, 7) is 2.20. The number of carbonyl (C=O) groups is 1. The molecule has 1 aromatic carbocycles.